The van der Waals surface area contributed by atoms with Gasteiger partial charge in [-0.3, -0.25) is 9.78 Å². The van der Waals surface area contributed by atoms with Crippen LogP contribution in [-0.2, 0) is 20.2 Å². The highest BCUT2D eigenvalue weighted by atomic mass is 32.2. The maximum atomic E-state index is 13.6. The van der Waals surface area contributed by atoms with Gasteiger partial charge in [-0.05, 0) is 48.9 Å². The van der Waals surface area contributed by atoms with E-state index in [1.807, 2.05) is 55.5 Å². The molecule has 0 radical (unpaired) electrons. The van der Waals surface area contributed by atoms with Gasteiger partial charge < -0.3 is 5.32 Å². The molecule has 1 aliphatic heterocycles. The number of carbonyl (C=O) groups excluding carboxylic acids is 1. The van der Waals surface area contributed by atoms with Crippen molar-refractivity contribution in [1.29, 1.82) is 0 Å². The van der Waals surface area contributed by atoms with Gasteiger partial charge >= 0.3 is 0 Å². The average molecular weight is 456 g/mol. The lowest BCUT2D eigenvalue weighted by molar-refractivity contribution is -0.129. The maximum Gasteiger partial charge on any atom is 0.252 e. The second-order valence-electron chi connectivity index (χ2n) is 7.73. The van der Waals surface area contributed by atoms with Crippen LogP contribution in [0.4, 0.5) is 0 Å². The zero-order valence-corrected chi connectivity index (χ0v) is 18.9. The Morgan fingerprint density at radius 3 is 2.39 bits per heavy atom. The normalized spacial score (nSPS) is 17.7. The summed E-state index contributed by atoms with van der Waals surface area (Å²) in [6, 6.07) is 18.4. The number of piperidine rings is 1. The van der Waals surface area contributed by atoms with Gasteiger partial charge in [0.1, 0.15) is 4.21 Å². The summed E-state index contributed by atoms with van der Waals surface area (Å²) in [6.45, 7) is 2.50. The lowest BCUT2D eigenvalue weighted by Gasteiger charge is -2.40. The quantitative estimate of drug-likeness (QED) is 0.614. The van der Waals surface area contributed by atoms with Crippen molar-refractivity contribution in [2.24, 2.45) is 0 Å². The maximum absolute atomic E-state index is 13.6. The molecule has 0 aliphatic carbocycles. The summed E-state index contributed by atoms with van der Waals surface area (Å²) in [4.78, 5) is 17.9. The predicted octanol–water partition coefficient (Wildman–Crippen LogP) is 3.74. The van der Waals surface area contributed by atoms with Crippen LogP contribution in [0.15, 0.2) is 76.4 Å². The Bertz CT molecular complexity index is 1110. The molecule has 8 heteroatoms. The summed E-state index contributed by atoms with van der Waals surface area (Å²) in [5, 5.41) is 4.88. The molecule has 3 heterocycles. The van der Waals surface area contributed by atoms with E-state index >= 15 is 0 Å². The minimum atomic E-state index is -3.53. The fourth-order valence-electron chi connectivity index (χ4n) is 4.09. The highest BCUT2D eigenvalue weighted by molar-refractivity contribution is 7.91. The van der Waals surface area contributed by atoms with Gasteiger partial charge in [-0.15, -0.1) is 11.3 Å². The number of nitrogens with one attached hydrogen (secondary N) is 1. The molecule has 0 bridgehead atoms. The standard InChI is InChI=1S/C23H25N3O3S2/c1-18(20-10-5-6-14-24-20)25-22(27)23(19-8-3-2-4-9-19)12-15-26(16-13-23)31(28,29)21-11-7-17-30-21/h2-11,14,17-18H,12-13,15-16H2,1H3,(H,25,27)/t18-/m1/s1. The summed E-state index contributed by atoms with van der Waals surface area (Å²) in [7, 11) is -3.53. The third-order valence-corrected chi connectivity index (χ3v) is 9.18. The van der Waals surface area contributed by atoms with Crippen molar-refractivity contribution in [2.45, 2.75) is 35.4 Å². The number of pyridine rings is 1. The Kier molecular flexibility index (Phi) is 6.22. The van der Waals surface area contributed by atoms with Crippen molar-refractivity contribution in [3.05, 3.63) is 83.5 Å². The van der Waals surface area contributed by atoms with Crippen molar-refractivity contribution < 1.29 is 13.2 Å². The summed E-state index contributed by atoms with van der Waals surface area (Å²) < 4.78 is 27.7. The number of rotatable bonds is 6. The highest BCUT2D eigenvalue weighted by Crippen LogP contribution is 2.38. The van der Waals surface area contributed by atoms with Gasteiger partial charge in [0.2, 0.25) is 5.91 Å². The van der Waals surface area contributed by atoms with Crippen LogP contribution in [0, 0.1) is 0 Å². The van der Waals surface area contributed by atoms with Crippen molar-refractivity contribution in [3.8, 4) is 0 Å². The molecule has 1 atom stereocenters. The van der Waals surface area contributed by atoms with Crippen molar-refractivity contribution in [2.75, 3.05) is 13.1 Å². The van der Waals surface area contributed by atoms with Gasteiger partial charge in [0.15, 0.2) is 0 Å². The fourth-order valence-corrected chi connectivity index (χ4v) is 6.68. The third-order valence-electron chi connectivity index (χ3n) is 5.91. The lowest BCUT2D eigenvalue weighted by atomic mass is 9.72. The number of sulfonamides is 1. The van der Waals surface area contributed by atoms with E-state index in [1.165, 1.54) is 15.6 Å². The first kappa shape index (κ1) is 21.7. The molecule has 1 N–H and O–H groups in total. The molecule has 1 fully saturated rings. The molecule has 4 rings (SSSR count). The van der Waals surface area contributed by atoms with E-state index in [4.69, 9.17) is 0 Å². The molecule has 6 nitrogen and oxygen atoms in total. The molecule has 0 unspecified atom stereocenters. The van der Waals surface area contributed by atoms with Gasteiger partial charge in [-0.2, -0.15) is 4.31 Å². The molecule has 2 aromatic heterocycles. The molecule has 1 amide bonds. The molecule has 0 saturated carbocycles. The molecule has 3 aromatic rings. The van der Waals surface area contributed by atoms with E-state index in [1.54, 1.807) is 23.7 Å². The molecule has 1 aliphatic rings. The molecular weight excluding hydrogens is 430 g/mol. The van der Waals surface area contributed by atoms with E-state index in [9.17, 15) is 13.2 Å². The van der Waals surface area contributed by atoms with E-state index in [0.717, 1.165) is 11.3 Å². The minimum absolute atomic E-state index is 0.0926. The van der Waals surface area contributed by atoms with Crippen LogP contribution in [0.1, 0.15) is 37.1 Å². The number of thiophene rings is 1. The number of hydrogen-bond donors (Lipinski definition) is 1. The second-order valence-corrected chi connectivity index (χ2v) is 10.8. The number of aromatic nitrogens is 1. The van der Waals surface area contributed by atoms with Crippen LogP contribution < -0.4 is 5.32 Å². The van der Waals surface area contributed by atoms with Gasteiger partial charge in [0.05, 0.1) is 17.2 Å². The van der Waals surface area contributed by atoms with E-state index in [2.05, 4.69) is 10.3 Å². The zero-order chi connectivity index (χ0) is 21.9. The van der Waals surface area contributed by atoms with Crippen molar-refractivity contribution in [3.63, 3.8) is 0 Å². The molecule has 1 aromatic carbocycles. The van der Waals surface area contributed by atoms with Crippen LogP contribution in [0.5, 0.6) is 0 Å². The smallest absolute Gasteiger partial charge is 0.252 e. The average Bonchev–Trinajstić information content (AvgIpc) is 3.36. The van der Waals surface area contributed by atoms with Crippen LogP contribution >= 0.6 is 11.3 Å². The monoisotopic (exact) mass is 455 g/mol. The Morgan fingerprint density at radius 2 is 1.77 bits per heavy atom. The molecule has 1 saturated heterocycles. The largest absolute Gasteiger partial charge is 0.347 e. The molecule has 0 spiro atoms. The Labute approximate surface area is 187 Å². The minimum Gasteiger partial charge on any atom is -0.347 e. The summed E-state index contributed by atoms with van der Waals surface area (Å²) in [6.07, 6.45) is 2.55. The number of carbonyl (C=O) groups is 1. The first-order valence-electron chi connectivity index (χ1n) is 10.2. The number of amides is 1. The highest BCUT2D eigenvalue weighted by Gasteiger charge is 2.45. The van der Waals surface area contributed by atoms with Gasteiger partial charge in [0, 0.05) is 19.3 Å². The molecule has 31 heavy (non-hydrogen) atoms. The summed E-state index contributed by atoms with van der Waals surface area (Å²) in [5.74, 6) is -0.0926. The van der Waals surface area contributed by atoms with Crippen molar-refractivity contribution in [1.82, 2.24) is 14.6 Å². The van der Waals surface area contributed by atoms with Crippen LogP contribution in [0.2, 0.25) is 0 Å². The predicted molar refractivity (Wildman–Crippen MR) is 121 cm³/mol. The van der Waals surface area contributed by atoms with Crippen LogP contribution in [-0.4, -0.2) is 36.7 Å². The van der Waals surface area contributed by atoms with E-state index in [-0.39, 0.29) is 11.9 Å². The van der Waals surface area contributed by atoms with Crippen LogP contribution in [0.3, 0.4) is 0 Å². The van der Waals surface area contributed by atoms with Crippen LogP contribution in [0.25, 0.3) is 0 Å². The zero-order valence-electron chi connectivity index (χ0n) is 17.3. The van der Waals surface area contributed by atoms with Crippen molar-refractivity contribution >= 4 is 27.3 Å². The number of benzene rings is 1. The third kappa shape index (κ3) is 4.28. The second kappa shape index (κ2) is 8.90. The van der Waals surface area contributed by atoms with E-state index < -0.39 is 15.4 Å². The summed E-state index contributed by atoms with van der Waals surface area (Å²) >= 11 is 1.22. The molecular formula is C23H25N3O3S2. The topological polar surface area (TPSA) is 79.4 Å². The first-order valence-corrected chi connectivity index (χ1v) is 12.6. The Balaban J connectivity index is 1.58. The fraction of sp³-hybridized carbons (Fsp3) is 0.304. The van der Waals surface area contributed by atoms with Gasteiger partial charge in [-0.25, -0.2) is 8.42 Å². The first-order chi connectivity index (χ1) is 14.9. The Morgan fingerprint density at radius 1 is 1.06 bits per heavy atom. The van der Waals surface area contributed by atoms with Gasteiger partial charge in [0.25, 0.3) is 10.0 Å². The lowest BCUT2D eigenvalue weighted by Crippen LogP contribution is -2.53. The summed E-state index contributed by atoms with van der Waals surface area (Å²) in [5.41, 5.74) is 0.914. The van der Waals surface area contributed by atoms with E-state index in [0.29, 0.717) is 30.1 Å². The Hall–Kier alpha value is -2.55. The SMILES string of the molecule is C[C@@H](NC(=O)C1(c2ccccc2)CCN(S(=O)(=O)c2cccs2)CC1)c1ccccn1. The number of nitrogens with zero attached hydrogens (tertiary/aromatic N) is 2. The molecule has 162 valence electrons. The number of hydrogen-bond acceptors (Lipinski definition) is 5. The van der Waals surface area contributed by atoms with Gasteiger partial charge in [-0.1, -0.05) is 42.5 Å².